The highest BCUT2D eigenvalue weighted by Crippen LogP contribution is 2.45. The number of nitrogens with one attached hydrogen (secondary N) is 2. The molecule has 3 saturated heterocycles. The zero-order valence-electron chi connectivity index (χ0n) is 28.8. The molecule has 0 aromatic heterocycles. The first-order chi connectivity index (χ1) is 24.5. The molecule has 4 heterocycles. The quantitative estimate of drug-likeness (QED) is 0.276. The van der Waals surface area contributed by atoms with Crippen molar-refractivity contribution in [1.82, 2.24) is 20.4 Å². The Morgan fingerprint density at radius 2 is 1.57 bits per heavy atom. The van der Waals surface area contributed by atoms with Crippen LogP contribution in [0.25, 0.3) is 0 Å². The second kappa shape index (κ2) is 14.4. The molecular formula is C37H42N6O8. The minimum absolute atomic E-state index is 0.0243. The zero-order valence-corrected chi connectivity index (χ0v) is 28.8. The Morgan fingerprint density at radius 3 is 2.18 bits per heavy atom. The Labute approximate surface area is 295 Å². The average Bonchev–Trinajstić information content (AvgIpc) is 3.39. The number of carbonyl (C=O) groups is 8. The zero-order chi connectivity index (χ0) is 36.4. The van der Waals surface area contributed by atoms with E-state index >= 15 is 0 Å². The van der Waals surface area contributed by atoms with Gasteiger partial charge < -0.3 is 19.9 Å². The predicted molar refractivity (Wildman–Crippen MR) is 185 cm³/mol. The number of likely N-dealkylation sites (N-methyl/N-ethyl adjacent to an activating group) is 1. The standard InChI is InChI=1S/C37H42N6O8/c1-23-24(34(49)42(22-45)28(10-5-21-44)32(47)38-2)6-3-8-26(23)40-17-13-37(14-18-40)15-19-41(20-16-37)27-9-4-7-25-31(27)36(51)43(35(25)50)29-11-12-30(46)39-33(29)48/h3-4,6-9,21-22,28-29H,5,10-20H2,1-2H3,(H,38,47)(H,39,46,48). The summed E-state index contributed by atoms with van der Waals surface area (Å²) in [6, 6.07) is 8.46. The minimum Gasteiger partial charge on any atom is -0.371 e. The fourth-order valence-corrected chi connectivity index (χ4v) is 8.09. The van der Waals surface area contributed by atoms with Gasteiger partial charge in [0, 0.05) is 57.3 Å². The number of hydrogen-bond acceptors (Lipinski definition) is 10. The Kier molecular flexibility index (Phi) is 10.0. The van der Waals surface area contributed by atoms with E-state index in [1.807, 2.05) is 19.1 Å². The molecule has 0 saturated carbocycles. The van der Waals surface area contributed by atoms with Crippen LogP contribution in [0.2, 0.25) is 0 Å². The molecule has 3 fully saturated rings. The van der Waals surface area contributed by atoms with Gasteiger partial charge in [0.2, 0.25) is 24.1 Å². The monoisotopic (exact) mass is 698 g/mol. The number of aldehydes is 1. The minimum atomic E-state index is -1.10. The molecule has 0 radical (unpaired) electrons. The van der Waals surface area contributed by atoms with E-state index in [1.165, 1.54) is 7.05 Å². The van der Waals surface area contributed by atoms with E-state index in [4.69, 9.17) is 0 Å². The summed E-state index contributed by atoms with van der Waals surface area (Å²) in [6.07, 6.45) is 4.82. The van der Waals surface area contributed by atoms with Crippen molar-refractivity contribution in [2.45, 2.75) is 70.4 Å². The van der Waals surface area contributed by atoms with E-state index in [0.717, 1.165) is 54.3 Å². The third kappa shape index (κ3) is 6.50. The maximum Gasteiger partial charge on any atom is 0.264 e. The van der Waals surface area contributed by atoms with Crippen LogP contribution in [0.1, 0.15) is 88.0 Å². The van der Waals surface area contributed by atoms with Crippen molar-refractivity contribution in [2.24, 2.45) is 5.41 Å². The lowest BCUT2D eigenvalue weighted by Crippen LogP contribution is -2.54. The molecule has 1 spiro atoms. The van der Waals surface area contributed by atoms with Gasteiger partial charge in [0.25, 0.3) is 17.7 Å². The Hall–Kier alpha value is -5.40. The first kappa shape index (κ1) is 35.4. The second-order valence-corrected chi connectivity index (χ2v) is 13.8. The largest absolute Gasteiger partial charge is 0.371 e. The molecule has 7 amide bonds. The van der Waals surface area contributed by atoms with Crippen LogP contribution < -0.4 is 20.4 Å². The number of anilines is 2. The van der Waals surface area contributed by atoms with Crippen LogP contribution >= 0.6 is 0 Å². The van der Waals surface area contributed by atoms with Crippen molar-refractivity contribution in [1.29, 1.82) is 0 Å². The number of benzene rings is 2. The lowest BCUT2D eigenvalue weighted by atomic mass is 9.71. The number of piperidine rings is 3. The topological polar surface area (TPSA) is 174 Å². The molecule has 268 valence electrons. The number of amides is 7. The van der Waals surface area contributed by atoms with Gasteiger partial charge in [-0.1, -0.05) is 12.1 Å². The number of imide groups is 3. The average molecular weight is 699 g/mol. The van der Waals surface area contributed by atoms with Crippen LogP contribution in [-0.4, -0.2) is 103 Å². The fraction of sp³-hybridized carbons (Fsp3) is 0.459. The van der Waals surface area contributed by atoms with Crippen molar-refractivity contribution in [3.63, 3.8) is 0 Å². The van der Waals surface area contributed by atoms with Crippen molar-refractivity contribution in [3.05, 3.63) is 58.7 Å². The van der Waals surface area contributed by atoms with Crippen molar-refractivity contribution in [3.8, 4) is 0 Å². The summed E-state index contributed by atoms with van der Waals surface area (Å²) in [4.78, 5) is 107. The maximum atomic E-state index is 13.7. The van der Waals surface area contributed by atoms with Crippen molar-refractivity contribution in [2.75, 3.05) is 43.0 Å². The third-order valence-electron chi connectivity index (χ3n) is 11.1. The molecule has 2 atom stereocenters. The van der Waals surface area contributed by atoms with Crippen molar-refractivity contribution >= 4 is 59.5 Å². The van der Waals surface area contributed by atoms with Gasteiger partial charge in [0.15, 0.2) is 0 Å². The fourth-order valence-electron chi connectivity index (χ4n) is 8.09. The molecule has 51 heavy (non-hydrogen) atoms. The molecule has 2 aromatic rings. The summed E-state index contributed by atoms with van der Waals surface area (Å²) >= 11 is 0. The molecule has 0 aliphatic carbocycles. The van der Waals surface area contributed by atoms with Gasteiger partial charge in [-0.25, -0.2) is 0 Å². The summed E-state index contributed by atoms with van der Waals surface area (Å²) in [7, 11) is 1.41. The van der Waals surface area contributed by atoms with Gasteiger partial charge >= 0.3 is 0 Å². The Morgan fingerprint density at radius 1 is 0.941 bits per heavy atom. The molecule has 2 N–H and O–H groups in total. The van der Waals surface area contributed by atoms with Crippen LogP contribution in [0.15, 0.2) is 36.4 Å². The van der Waals surface area contributed by atoms with Gasteiger partial charge in [-0.15, -0.1) is 0 Å². The number of carbonyl (C=O) groups excluding carboxylic acids is 8. The molecule has 2 unspecified atom stereocenters. The van der Waals surface area contributed by atoms with E-state index in [9.17, 15) is 38.4 Å². The van der Waals surface area contributed by atoms with Crippen LogP contribution in [0, 0.1) is 12.3 Å². The first-order valence-corrected chi connectivity index (χ1v) is 17.4. The van der Waals surface area contributed by atoms with E-state index in [1.54, 1.807) is 24.3 Å². The summed E-state index contributed by atoms with van der Waals surface area (Å²) in [5.41, 5.74) is 3.24. The van der Waals surface area contributed by atoms with Crippen LogP contribution in [0.4, 0.5) is 11.4 Å². The smallest absolute Gasteiger partial charge is 0.264 e. The molecule has 4 aliphatic heterocycles. The number of hydrogen-bond donors (Lipinski definition) is 2. The van der Waals surface area contributed by atoms with Gasteiger partial charge in [0.05, 0.1) is 16.8 Å². The van der Waals surface area contributed by atoms with Gasteiger partial charge in [-0.3, -0.25) is 48.7 Å². The number of rotatable bonds is 10. The SMILES string of the molecule is CNC(=O)C(CCC=O)N(C=O)C(=O)c1cccc(N2CCC3(CC2)CCN(c2cccc4c2C(=O)N(C2CCC(=O)NC2=O)C4=O)CC3)c1C. The lowest BCUT2D eigenvalue weighted by molar-refractivity contribution is -0.136. The van der Waals surface area contributed by atoms with Crippen LogP contribution in [0.3, 0.4) is 0 Å². The number of nitrogens with zero attached hydrogens (tertiary/aromatic N) is 4. The normalized spacial score (nSPS) is 20.5. The van der Waals surface area contributed by atoms with E-state index in [-0.39, 0.29) is 36.7 Å². The summed E-state index contributed by atoms with van der Waals surface area (Å²) in [5.74, 6) is -3.20. The Balaban J connectivity index is 1.12. The van der Waals surface area contributed by atoms with Crippen LogP contribution in [0.5, 0.6) is 0 Å². The Bertz CT molecular complexity index is 1790. The molecule has 2 aromatic carbocycles. The second-order valence-electron chi connectivity index (χ2n) is 13.8. The van der Waals surface area contributed by atoms with Gasteiger partial charge in [-0.05, 0) is 80.7 Å². The van der Waals surface area contributed by atoms with Gasteiger partial charge in [-0.2, -0.15) is 0 Å². The molecule has 14 heteroatoms. The van der Waals surface area contributed by atoms with Crippen LogP contribution in [-0.2, 0) is 24.0 Å². The molecule has 14 nitrogen and oxygen atoms in total. The van der Waals surface area contributed by atoms with E-state index in [0.29, 0.717) is 48.2 Å². The predicted octanol–water partition coefficient (Wildman–Crippen LogP) is 1.98. The van der Waals surface area contributed by atoms with Gasteiger partial charge in [0.1, 0.15) is 18.4 Å². The molecule has 4 aliphatic rings. The third-order valence-corrected chi connectivity index (χ3v) is 11.1. The highest BCUT2D eigenvalue weighted by Gasteiger charge is 2.47. The molecule has 6 rings (SSSR count). The highest BCUT2D eigenvalue weighted by atomic mass is 16.2. The van der Waals surface area contributed by atoms with Crippen molar-refractivity contribution < 1.29 is 38.4 Å². The summed E-state index contributed by atoms with van der Waals surface area (Å²) < 4.78 is 0. The summed E-state index contributed by atoms with van der Waals surface area (Å²) in [6.45, 7) is 4.73. The molecular weight excluding hydrogens is 656 g/mol. The van der Waals surface area contributed by atoms with E-state index < -0.39 is 47.5 Å². The number of fused-ring (bicyclic) bond motifs is 1. The highest BCUT2D eigenvalue weighted by molar-refractivity contribution is 6.25. The first-order valence-electron chi connectivity index (χ1n) is 17.4. The maximum absolute atomic E-state index is 13.7. The lowest BCUT2D eigenvalue weighted by Gasteiger charge is -2.48. The van der Waals surface area contributed by atoms with E-state index in [2.05, 4.69) is 20.4 Å². The molecule has 0 bridgehead atoms. The summed E-state index contributed by atoms with van der Waals surface area (Å²) in [5, 5.41) is 4.71.